The maximum atomic E-state index is 5.84. The lowest BCUT2D eigenvalue weighted by Crippen LogP contribution is -2.17. The Labute approximate surface area is 123 Å². The zero-order chi connectivity index (χ0) is 13.8. The number of rotatable bonds is 4. The summed E-state index contributed by atoms with van der Waals surface area (Å²) in [5.74, 6) is 0. The lowest BCUT2D eigenvalue weighted by molar-refractivity contribution is 0.318. The van der Waals surface area contributed by atoms with E-state index < -0.39 is 0 Å². The van der Waals surface area contributed by atoms with Crippen molar-refractivity contribution in [2.45, 2.75) is 20.0 Å². The Balaban J connectivity index is 2.05. The van der Waals surface area contributed by atoms with Crippen molar-refractivity contribution in [3.05, 3.63) is 63.6 Å². The molecule has 0 aliphatic heterocycles. The zero-order valence-corrected chi connectivity index (χ0v) is 12.9. The van der Waals surface area contributed by atoms with Crippen LogP contribution in [0.5, 0.6) is 0 Å². The first kappa shape index (κ1) is 14.1. The Morgan fingerprint density at radius 1 is 1.11 bits per heavy atom. The maximum Gasteiger partial charge on any atom is 0.0318 e. The molecule has 0 bridgehead atoms. The molecular weight excluding hydrogens is 300 g/mol. The largest absolute Gasteiger partial charge is 0.399 e. The molecule has 0 atom stereocenters. The first-order chi connectivity index (χ1) is 9.04. The Bertz CT molecular complexity index is 566. The lowest BCUT2D eigenvalue weighted by Gasteiger charge is -2.18. The second-order valence-corrected chi connectivity index (χ2v) is 5.87. The third-order valence-corrected chi connectivity index (χ3v) is 3.82. The van der Waals surface area contributed by atoms with Gasteiger partial charge in [-0.3, -0.25) is 4.90 Å². The van der Waals surface area contributed by atoms with E-state index in [-0.39, 0.29) is 0 Å². The van der Waals surface area contributed by atoms with Crippen LogP contribution in [0.25, 0.3) is 0 Å². The van der Waals surface area contributed by atoms with E-state index in [4.69, 9.17) is 5.73 Å². The lowest BCUT2D eigenvalue weighted by atomic mass is 10.1. The van der Waals surface area contributed by atoms with Gasteiger partial charge < -0.3 is 5.73 Å². The number of nitrogens with zero attached hydrogens (tertiary/aromatic N) is 1. The van der Waals surface area contributed by atoms with Gasteiger partial charge in [0.2, 0.25) is 0 Å². The molecule has 3 heteroatoms. The first-order valence-corrected chi connectivity index (χ1v) is 7.12. The minimum absolute atomic E-state index is 0.808. The van der Waals surface area contributed by atoms with Crippen molar-refractivity contribution >= 4 is 21.6 Å². The zero-order valence-electron chi connectivity index (χ0n) is 11.4. The Hall–Kier alpha value is -1.32. The number of hydrogen-bond donors (Lipinski definition) is 1. The summed E-state index contributed by atoms with van der Waals surface area (Å²) in [5, 5.41) is 0. The van der Waals surface area contributed by atoms with Gasteiger partial charge in [-0.2, -0.15) is 0 Å². The van der Waals surface area contributed by atoms with E-state index >= 15 is 0 Å². The summed E-state index contributed by atoms with van der Waals surface area (Å²) < 4.78 is 1.11. The van der Waals surface area contributed by atoms with Crippen molar-refractivity contribution in [3.63, 3.8) is 0 Å². The van der Waals surface area contributed by atoms with Crippen LogP contribution in [0.3, 0.4) is 0 Å². The number of nitrogen functional groups attached to an aromatic ring is 1. The fourth-order valence-corrected chi connectivity index (χ4v) is 2.56. The van der Waals surface area contributed by atoms with Gasteiger partial charge in [0.25, 0.3) is 0 Å². The topological polar surface area (TPSA) is 29.3 Å². The number of aryl methyl sites for hydroxylation is 1. The van der Waals surface area contributed by atoms with Crippen molar-refractivity contribution < 1.29 is 0 Å². The summed E-state index contributed by atoms with van der Waals surface area (Å²) in [6.45, 7) is 3.93. The third-order valence-electron chi connectivity index (χ3n) is 3.05. The summed E-state index contributed by atoms with van der Waals surface area (Å²) in [6, 6.07) is 14.6. The fraction of sp³-hybridized carbons (Fsp3) is 0.250. The summed E-state index contributed by atoms with van der Waals surface area (Å²) in [5.41, 5.74) is 10.5. The fourth-order valence-electron chi connectivity index (χ4n) is 2.18. The quantitative estimate of drug-likeness (QED) is 0.864. The van der Waals surface area contributed by atoms with Crippen LogP contribution in [-0.4, -0.2) is 11.9 Å². The van der Waals surface area contributed by atoms with Gasteiger partial charge in [0.1, 0.15) is 0 Å². The molecule has 2 N–H and O–H groups in total. The molecule has 2 nitrogen and oxygen atoms in total. The summed E-state index contributed by atoms with van der Waals surface area (Å²) in [4.78, 5) is 2.29. The second kappa shape index (κ2) is 6.22. The molecule has 0 saturated heterocycles. The molecular formula is C16H19BrN2. The van der Waals surface area contributed by atoms with E-state index in [9.17, 15) is 0 Å². The van der Waals surface area contributed by atoms with E-state index in [0.717, 1.165) is 23.2 Å². The standard InChI is InChI=1S/C16H19BrN2/c1-12-4-3-5-13(8-12)10-19(2)11-14-9-15(18)6-7-16(14)17/h3-9H,10-11,18H2,1-2H3. The average Bonchev–Trinajstić information content (AvgIpc) is 2.34. The first-order valence-electron chi connectivity index (χ1n) is 6.32. The van der Waals surface area contributed by atoms with Gasteiger partial charge in [0.05, 0.1) is 0 Å². The highest BCUT2D eigenvalue weighted by Gasteiger charge is 2.06. The number of anilines is 1. The summed E-state index contributed by atoms with van der Waals surface area (Å²) in [7, 11) is 2.12. The second-order valence-electron chi connectivity index (χ2n) is 5.01. The Morgan fingerprint density at radius 2 is 1.89 bits per heavy atom. The van der Waals surface area contributed by atoms with E-state index in [1.54, 1.807) is 0 Å². The van der Waals surface area contributed by atoms with Crippen molar-refractivity contribution in [2.75, 3.05) is 12.8 Å². The minimum atomic E-state index is 0.808. The van der Waals surface area contributed by atoms with Gasteiger partial charge in [-0.05, 0) is 43.3 Å². The number of benzene rings is 2. The van der Waals surface area contributed by atoms with Crippen LogP contribution in [0.1, 0.15) is 16.7 Å². The van der Waals surface area contributed by atoms with E-state index in [2.05, 4.69) is 59.1 Å². The predicted molar refractivity (Wildman–Crippen MR) is 84.9 cm³/mol. The van der Waals surface area contributed by atoms with Gasteiger partial charge >= 0.3 is 0 Å². The molecule has 0 amide bonds. The highest BCUT2D eigenvalue weighted by atomic mass is 79.9. The predicted octanol–water partition coefficient (Wildman–Crippen LogP) is 3.97. The monoisotopic (exact) mass is 318 g/mol. The minimum Gasteiger partial charge on any atom is -0.399 e. The van der Waals surface area contributed by atoms with Crippen LogP contribution in [0.2, 0.25) is 0 Å². The summed E-state index contributed by atoms with van der Waals surface area (Å²) in [6.07, 6.45) is 0. The van der Waals surface area contributed by atoms with Crippen molar-refractivity contribution in [1.82, 2.24) is 4.90 Å². The summed E-state index contributed by atoms with van der Waals surface area (Å²) >= 11 is 3.57. The average molecular weight is 319 g/mol. The number of nitrogens with two attached hydrogens (primary N) is 1. The molecule has 0 radical (unpaired) electrons. The van der Waals surface area contributed by atoms with Gasteiger partial charge in [-0.15, -0.1) is 0 Å². The van der Waals surface area contributed by atoms with E-state index in [1.807, 2.05) is 18.2 Å². The molecule has 0 fully saturated rings. The SMILES string of the molecule is Cc1cccc(CN(C)Cc2cc(N)ccc2Br)c1. The van der Waals surface area contributed by atoms with Crippen LogP contribution in [0.15, 0.2) is 46.9 Å². The molecule has 0 aliphatic carbocycles. The van der Waals surface area contributed by atoms with Gasteiger partial charge in [0.15, 0.2) is 0 Å². The normalized spacial score (nSPS) is 10.9. The van der Waals surface area contributed by atoms with Crippen LogP contribution in [0.4, 0.5) is 5.69 Å². The molecule has 19 heavy (non-hydrogen) atoms. The van der Waals surface area contributed by atoms with Gasteiger partial charge in [-0.25, -0.2) is 0 Å². The molecule has 0 unspecified atom stereocenters. The van der Waals surface area contributed by atoms with Gasteiger partial charge in [0, 0.05) is 23.2 Å². The number of halogens is 1. The van der Waals surface area contributed by atoms with Crippen LogP contribution in [0, 0.1) is 6.92 Å². The molecule has 0 saturated carbocycles. The van der Waals surface area contributed by atoms with E-state index in [0.29, 0.717) is 0 Å². The maximum absolute atomic E-state index is 5.84. The Morgan fingerprint density at radius 3 is 2.63 bits per heavy atom. The van der Waals surface area contributed by atoms with Crippen molar-refractivity contribution in [2.24, 2.45) is 0 Å². The molecule has 100 valence electrons. The Kier molecular flexibility index (Phi) is 4.61. The van der Waals surface area contributed by atoms with Crippen molar-refractivity contribution in [3.8, 4) is 0 Å². The molecule has 2 rings (SSSR count). The van der Waals surface area contributed by atoms with Crippen LogP contribution in [-0.2, 0) is 13.1 Å². The van der Waals surface area contributed by atoms with Crippen LogP contribution >= 0.6 is 15.9 Å². The molecule has 0 heterocycles. The molecule has 2 aromatic carbocycles. The molecule has 2 aromatic rings. The van der Waals surface area contributed by atoms with Gasteiger partial charge in [-0.1, -0.05) is 45.8 Å². The highest BCUT2D eigenvalue weighted by Crippen LogP contribution is 2.21. The van der Waals surface area contributed by atoms with E-state index in [1.165, 1.54) is 16.7 Å². The van der Waals surface area contributed by atoms with Crippen molar-refractivity contribution in [1.29, 1.82) is 0 Å². The molecule has 0 aliphatic rings. The number of hydrogen-bond acceptors (Lipinski definition) is 2. The van der Waals surface area contributed by atoms with Crippen LogP contribution < -0.4 is 5.73 Å². The molecule has 0 aromatic heterocycles. The smallest absolute Gasteiger partial charge is 0.0318 e. The third kappa shape index (κ3) is 4.08. The highest BCUT2D eigenvalue weighted by molar-refractivity contribution is 9.10. The molecule has 0 spiro atoms.